The first-order valence-electron chi connectivity index (χ1n) is 7.66. The van der Waals surface area contributed by atoms with E-state index in [0.717, 1.165) is 12.8 Å². The van der Waals surface area contributed by atoms with Gasteiger partial charge >= 0.3 is 5.97 Å². The van der Waals surface area contributed by atoms with Crippen molar-refractivity contribution in [1.82, 2.24) is 4.98 Å². The van der Waals surface area contributed by atoms with Crippen LogP contribution in [0.1, 0.15) is 55.3 Å². The van der Waals surface area contributed by atoms with Crippen molar-refractivity contribution in [3.05, 3.63) is 24.0 Å². The molecule has 1 aromatic rings. The molecule has 2 heterocycles. The van der Waals surface area contributed by atoms with Gasteiger partial charge in [-0.2, -0.15) is 0 Å². The van der Waals surface area contributed by atoms with Crippen LogP contribution in [0.5, 0.6) is 5.75 Å². The van der Waals surface area contributed by atoms with E-state index >= 15 is 0 Å². The second-order valence-electron chi connectivity index (χ2n) is 6.05. The number of pyridine rings is 1. The van der Waals surface area contributed by atoms with Gasteiger partial charge in [0.1, 0.15) is 12.4 Å². The van der Waals surface area contributed by atoms with Gasteiger partial charge in [-0.3, -0.25) is 4.98 Å². The van der Waals surface area contributed by atoms with Gasteiger partial charge in [0.15, 0.2) is 0 Å². The first-order valence-corrected chi connectivity index (χ1v) is 7.66. The van der Waals surface area contributed by atoms with E-state index in [-0.39, 0.29) is 17.3 Å². The standard InChI is InChI=1S/C16H21NO4/c18-15(19)12-8-14(10-17-9-12)20-11-13-4-7-16(21-13)5-2-1-3-6-16/h8-10,13H,1-7,11H2,(H,18,19). The van der Waals surface area contributed by atoms with Crippen LogP contribution < -0.4 is 4.74 Å². The van der Waals surface area contributed by atoms with E-state index in [9.17, 15) is 4.79 Å². The number of ether oxygens (including phenoxy) is 2. The van der Waals surface area contributed by atoms with Gasteiger partial charge in [0.2, 0.25) is 0 Å². The van der Waals surface area contributed by atoms with Crippen molar-refractivity contribution < 1.29 is 19.4 Å². The maximum absolute atomic E-state index is 10.9. The van der Waals surface area contributed by atoms with Gasteiger partial charge in [-0.1, -0.05) is 19.3 Å². The lowest BCUT2D eigenvalue weighted by Crippen LogP contribution is -2.32. The summed E-state index contributed by atoms with van der Waals surface area (Å²) in [5.41, 5.74) is 0.233. The van der Waals surface area contributed by atoms with Crippen LogP contribution in [0.15, 0.2) is 18.5 Å². The van der Waals surface area contributed by atoms with Crippen molar-refractivity contribution in [1.29, 1.82) is 0 Å². The fraction of sp³-hybridized carbons (Fsp3) is 0.625. The van der Waals surface area contributed by atoms with Gasteiger partial charge in [0.25, 0.3) is 0 Å². The van der Waals surface area contributed by atoms with Gasteiger partial charge in [-0.15, -0.1) is 0 Å². The molecule has 114 valence electrons. The molecule has 5 heteroatoms. The summed E-state index contributed by atoms with van der Waals surface area (Å²) in [6, 6.07) is 1.50. The van der Waals surface area contributed by atoms with Gasteiger partial charge in [0, 0.05) is 6.20 Å². The molecule has 1 unspecified atom stereocenters. The Morgan fingerprint density at radius 2 is 2.14 bits per heavy atom. The molecule has 0 radical (unpaired) electrons. The monoisotopic (exact) mass is 291 g/mol. The molecule has 0 aromatic carbocycles. The molecule has 1 aliphatic carbocycles. The number of hydrogen-bond donors (Lipinski definition) is 1. The molecule has 1 N–H and O–H groups in total. The van der Waals surface area contributed by atoms with E-state index in [4.69, 9.17) is 14.6 Å². The highest BCUT2D eigenvalue weighted by Gasteiger charge is 2.40. The van der Waals surface area contributed by atoms with E-state index in [1.165, 1.54) is 50.6 Å². The van der Waals surface area contributed by atoms with Gasteiger partial charge in [0.05, 0.1) is 23.5 Å². The van der Waals surface area contributed by atoms with E-state index in [0.29, 0.717) is 12.4 Å². The average Bonchev–Trinajstić information content (AvgIpc) is 2.89. The minimum Gasteiger partial charge on any atom is -0.489 e. The van der Waals surface area contributed by atoms with E-state index in [1.807, 2.05) is 0 Å². The summed E-state index contributed by atoms with van der Waals surface area (Å²) in [5.74, 6) is -0.505. The van der Waals surface area contributed by atoms with Crippen LogP contribution in [0.3, 0.4) is 0 Å². The first-order chi connectivity index (χ1) is 10.2. The molecule has 1 saturated carbocycles. The average molecular weight is 291 g/mol. The fourth-order valence-electron chi connectivity index (χ4n) is 3.38. The molecule has 0 bridgehead atoms. The van der Waals surface area contributed by atoms with Crippen molar-refractivity contribution in [2.75, 3.05) is 6.61 Å². The van der Waals surface area contributed by atoms with Crippen molar-refractivity contribution in [2.45, 2.75) is 56.7 Å². The summed E-state index contributed by atoms with van der Waals surface area (Å²) in [7, 11) is 0. The normalized spacial score (nSPS) is 24.1. The molecular formula is C16H21NO4. The topological polar surface area (TPSA) is 68.7 Å². The number of aromatic nitrogens is 1. The SMILES string of the molecule is O=C(O)c1cncc(OCC2CCC3(CCCCC3)O2)c1. The number of carboxylic acids is 1. The molecule has 1 aliphatic heterocycles. The summed E-state index contributed by atoms with van der Waals surface area (Å²) in [6.45, 7) is 0.465. The molecule has 2 fully saturated rings. The first kappa shape index (κ1) is 14.3. The van der Waals surface area contributed by atoms with Crippen LogP contribution in [0.4, 0.5) is 0 Å². The lowest BCUT2D eigenvalue weighted by Gasteiger charge is -2.33. The summed E-state index contributed by atoms with van der Waals surface area (Å²) in [6.07, 6.45) is 11.3. The highest BCUT2D eigenvalue weighted by atomic mass is 16.6. The third kappa shape index (κ3) is 3.35. The smallest absolute Gasteiger partial charge is 0.337 e. The summed E-state index contributed by atoms with van der Waals surface area (Å²) >= 11 is 0. The Labute approximate surface area is 124 Å². The number of rotatable bonds is 4. The molecular weight excluding hydrogens is 270 g/mol. The van der Waals surface area contributed by atoms with Crippen LogP contribution in [-0.2, 0) is 4.74 Å². The molecule has 3 rings (SSSR count). The number of hydrogen-bond acceptors (Lipinski definition) is 4. The van der Waals surface area contributed by atoms with Crippen molar-refractivity contribution in [2.24, 2.45) is 0 Å². The summed E-state index contributed by atoms with van der Waals surface area (Å²) < 4.78 is 11.9. The highest BCUT2D eigenvalue weighted by Crippen LogP contribution is 2.41. The highest BCUT2D eigenvalue weighted by molar-refractivity contribution is 5.87. The molecule has 2 aliphatic rings. The van der Waals surface area contributed by atoms with Crippen molar-refractivity contribution in [3.63, 3.8) is 0 Å². The second kappa shape index (κ2) is 6.02. The van der Waals surface area contributed by atoms with Crippen molar-refractivity contribution >= 4 is 5.97 Å². The van der Waals surface area contributed by atoms with E-state index < -0.39 is 5.97 Å². The number of carboxylic acid groups (broad SMARTS) is 1. The molecule has 21 heavy (non-hydrogen) atoms. The Bertz CT molecular complexity index is 511. The Morgan fingerprint density at radius 1 is 1.33 bits per heavy atom. The minimum atomic E-state index is -0.994. The Kier molecular flexibility index (Phi) is 4.10. The Balaban J connectivity index is 1.54. The molecule has 0 amide bonds. The third-order valence-corrected chi connectivity index (χ3v) is 4.50. The maximum Gasteiger partial charge on any atom is 0.337 e. The lowest BCUT2D eigenvalue weighted by atomic mass is 9.83. The lowest BCUT2D eigenvalue weighted by molar-refractivity contribution is -0.0748. The van der Waals surface area contributed by atoms with Gasteiger partial charge in [-0.05, 0) is 31.7 Å². The zero-order valence-corrected chi connectivity index (χ0v) is 12.1. The Morgan fingerprint density at radius 3 is 2.90 bits per heavy atom. The molecule has 1 saturated heterocycles. The molecule has 1 spiro atoms. The van der Waals surface area contributed by atoms with E-state index in [1.54, 1.807) is 0 Å². The quantitative estimate of drug-likeness (QED) is 0.923. The number of carbonyl (C=O) groups is 1. The minimum absolute atomic E-state index is 0.0907. The molecule has 1 aromatic heterocycles. The zero-order valence-electron chi connectivity index (χ0n) is 12.1. The van der Waals surface area contributed by atoms with Gasteiger partial charge < -0.3 is 14.6 Å². The molecule has 5 nitrogen and oxygen atoms in total. The van der Waals surface area contributed by atoms with Crippen molar-refractivity contribution in [3.8, 4) is 5.75 Å². The molecule has 1 atom stereocenters. The fourth-order valence-corrected chi connectivity index (χ4v) is 3.38. The van der Waals surface area contributed by atoms with Crippen LogP contribution in [0.2, 0.25) is 0 Å². The predicted molar refractivity (Wildman–Crippen MR) is 76.6 cm³/mol. The number of aromatic carboxylic acids is 1. The summed E-state index contributed by atoms with van der Waals surface area (Å²) in [4.78, 5) is 14.8. The van der Waals surface area contributed by atoms with Gasteiger partial charge in [-0.25, -0.2) is 4.79 Å². The van der Waals surface area contributed by atoms with Crippen LogP contribution in [0, 0.1) is 0 Å². The third-order valence-electron chi connectivity index (χ3n) is 4.50. The Hall–Kier alpha value is -1.62. The second-order valence-corrected chi connectivity index (χ2v) is 6.05. The van der Waals surface area contributed by atoms with Crippen LogP contribution in [0.25, 0.3) is 0 Å². The zero-order chi connectivity index (χ0) is 14.7. The maximum atomic E-state index is 10.9. The van der Waals surface area contributed by atoms with Crippen LogP contribution in [-0.4, -0.2) is 34.4 Å². The number of nitrogens with zero attached hydrogens (tertiary/aromatic N) is 1. The van der Waals surface area contributed by atoms with Crippen LogP contribution >= 0.6 is 0 Å². The largest absolute Gasteiger partial charge is 0.489 e. The predicted octanol–water partition coefficient (Wildman–Crippen LogP) is 3.04. The summed E-state index contributed by atoms with van der Waals surface area (Å²) in [5, 5.41) is 8.93. The van der Waals surface area contributed by atoms with E-state index in [2.05, 4.69) is 4.98 Å².